The van der Waals surface area contributed by atoms with E-state index in [4.69, 9.17) is 0 Å². The summed E-state index contributed by atoms with van der Waals surface area (Å²) in [6.07, 6.45) is 6.44. The van der Waals surface area contributed by atoms with E-state index in [1.54, 1.807) is 0 Å². The molecule has 5 heteroatoms. The third kappa shape index (κ3) is 3.06. The minimum absolute atomic E-state index is 0.618. The first-order valence-corrected chi connectivity index (χ1v) is 9.13. The second kappa shape index (κ2) is 6.35. The highest BCUT2D eigenvalue weighted by atomic mass is 32.2. The summed E-state index contributed by atoms with van der Waals surface area (Å²) in [5.74, 6) is 7.10. The van der Waals surface area contributed by atoms with Crippen LogP contribution < -0.4 is 0 Å². The van der Waals surface area contributed by atoms with Crippen LogP contribution >= 0.6 is 23.5 Å². The van der Waals surface area contributed by atoms with Crippen molar-refractivity contribution in [3.8, 4) is 0 Å². The van der Waals surface area contributed by atoms with E-state index in [2.05, 4.69) is 38.4 Å². The molecule has 0 amide bonds. The molecular formula is C13H21N3S2. The Morgan fingerprint density at radius 2 is 2.11 bits per heavy atom. The molecule has 100 valence electrons. The van der Waals surface area contributed by atoms with E-state index in [1.165, 1.54) is 54.8 Å². The SMILES string of the molecule is c1c[nH]c(C2CCCN(C3CSCCSC3)C2)n1. The van der Waals surface area contributed by atoms with E-state index in [1.807, 2.05) is 12.4 Å². The Morgan fingerprint density at radius 1 is 1.28 bits per heavy atom. The normalized spacial score (nSPS) is 28.1. The highest BCUT2D eigenvalue weighted by Crippen LogP contribution is 2.28. The van der Waals surface area contributed by atoms with Crippen molar-refractivity contribution in [1.82, 2.24) is 14.9 Å². The van der Waals surface area contributed by atoms with Crippen LogP contribution in [0.2, 0.25) is 0 Å². The van der Waals surface area contributed by atoms with E-state index >= 15 is 0 Å². The first kappa shape index (κ1) is 12.9. The third-order valence-electron chi connectivity index (χ3n) is 3.87. The summed E-state index contributed by atoms with van der Waals surface area (Å²) in [7, 11) is 0. The number of nitrogens with zero attached hydrogens (tertiary/aromatic N) is 2. The number of hydrogen-bond acceptors (Lipinski definition) is 4. The van der Waals surface area contributed by atoms with Gasteiger partial charge in [-0.3, -0.25) is 4.90 Å². The maximum absolute atomic E-state index is 4.45. The highest BCUT2D eigenvalue weighted by molar-refractivity contribution is 8.03. The Morgan fingerprint density at radius 3 is 2.83 bits per heavy atom. The number of aromatic amines is 1. The van der Waals surface area contributed by atoms with Gasteiger partial charge in [0.2, 0.25) is 0 Å². The highest BCUT2D eigenvalue weighted by Gasteiger charge is 2.28. The van der Waals surface area contributed by atoms with Gasteiger partial charge in [0.15, 0.2) is 0 Å². The van der Waals surface area contributed by atoms with Gasteiger partial charge < -0.3 is 4.98 Å². The monoisotopic (exact) mass is 283 g/mol. The summed E-state index contributed by atoms with van der Waals surface area (Å²) in [5, 5.41) is 0. The number of aromatic nitrogens is 2. The molecule has 0 aliphatic carbocycles. The summed E-state index contributed by atoms with van der Waals surface area (Å²) in [5.41, 5.74) is 0. The van der Waals surface area contributed by atoms with Gasteiger partial charge in [-0.05, 0) is 19.4 Å². The van der Waals surface area contributed by atoms with Crippen molar-refractivity contribution in [2.24, 2.45) is 0 Å². The molecule has 1 unspecified atom stereocenters. The minimum Gasteiger partial charge on any atom is -0.348 e. The molecule has 2 fully saturated rings. The predicted octanol–water partition coefficient (Wildman–Crippen LogP) is 2.44. The molecule has 0 aromatic carbocycles. The second-order valence-corrected chi connectivity index (χ2v) is 7.41. The van der Waals surface area contributed by atoms with E-state index in [-0.39, 0.29) is 0 Å². The average molecular weight is 283 g/mol. The average Bonchev–Trinajstić information content (AvgIpc) is 2.82. The summed E-state index contributed by atoms with van der Waals surface area (Å²) < 4.78 is 0. The number of H-pyrrole nitrogens is 1. The molecule has 1 N–H and O–H groups in total. The molecule has 3 heterocycles. The molecule has 3 nitrogen and oxygen atoms in total. The van der Waals surface area contributed by atoms with Gasteiger partial charge in [-0.2, -0.15) is 23.5 Å². The quantitative estimate of drug-likeness (QED) is 0.903. The van der Waals surface area contributed by atoms with Gasteiger partial charge >= 0.3 is 0 Å². The lowest BCUT2D eigenvalue weighted by Crippen LogP contribution is -2.44. The van der Waals surface area contributed by atoms with Gasteiger partial charge in [0.1, 0.15) is 5.82 Å². The maximum atomic E-state index is 4.45. The molecule has 1 aromatic rings. The van der Waals surface area contributed by atoms with Gasteiger partial charge in [-0.1, -0.05) is 0 Å². The van der Waals surface area contributed by atoms with Crippen LogP contribution in [0.4, 0.5) is 0 Å². The van der Waals surface area contributed by atoms with Crippen LogP contribution in [-0.2, 0) is 0 Å². The number of imidazole rings is 1. The van der Waals surface area contributed by atoms with Gasteiger partial charge in [0, 0.05) is 53.9 Å². The second-order valence-electron chi connectivity index (χ2n) is 5.11. The van der Waals surface area contributed by atoms with Crippen molar-refractivity contribution in [3.63, 3.8) is 0 Å². The molecule has 1 atom stereocenters. The molecule has 3 rings (SSSR count). The van der Waals surface area contributed by atoms with Gasteiger partial charge in [-0.25, -0.2) is 4.98 Å². The molecule has 1 aromatic heterocycles. The Kier molecular flexibility index (Phi) is 4.54. The van der Waals surface area contributed by atoms with Crippen molar-refractivity contribution < 1.29 is 0 Å². The van der Waals surface area contributed by atoms with Crippen molar-refractivity contribution in [1.29, 1.82) is 0 Å². The van der Waals surface area contributed by atoms with Crippen LogP contribution in [0.1, 0.15) is 24.6 Å². The zero-order chi connectivity index (χ0) is 12.2. The van der Waals surface area contributed by atoms with E-state index in [0.29, 0.717) is 5.92 Å². The van der Waals surface area contributed by atoms with Crippen molar-refractivity contribution in [3.05, 3.63) is 18.2 Å². The summed E-state index contributed by atoms with van der Waals surface area (Å²) in [4.78, 5) is 10.5. The Balaban J connectivity index is 1.62. The molecular weight excluding hydrogens is 262 g/mol. The lowest BCUT2D eigenvalue weighted by Gasteiger charge is -2.37. The number of likely N-dealkylation sites (tertiary alicyclic amines) is 1. The molecule has 18 heavy (non-hydrogen) atoms. The first-order valence-electron chi connectivity index (χ1n) is 6.82. The van der Waals surface area contributed by atoms with Gasteiger partial charge in [0.05, 0.1) is 0 Å². The van der Waals surface area contributed by atoms with Gasteiger partial charge in [0.25, 0.3) is 0 Å². The molecule has 0 bridgehead atoms. The fourth-order valence-corrected chi connectivity index (χ4v) is 5.50. The van der Waals surface area contributed by atoms with Crippen LogP contribution in [0.3, 0.4) is 0 Å². The van der Waals surface area contributed by atoms with Crippen molar-refractivity contribution in [2.45, 2.75) is 24.8 Å². The van der Waals surface area contributed by atoms with Crippen LogP contribution in [-0.4, -0.2) is 57.0 Å². The lowest BCUT2D eigenvalue weighted by atomic mass is 9.96. The Hall–Kier alpha value is -0.130. The number of rotatable bonds is 2. The van der Waals surface area contributed by atoms with Crippen molar-refractivity contribution >= 4 is 23.5 Å². The van der Waals surface area contributed by atoms with Crippen LogP contribution in [0.25, 0.3) is 0 Å². The van der Waals surface area contributed by atoms with E-state index < -0.39 is 0 Å². The number of hydrogen-bond donors (Lipinski definition) is 1. The third-order valence-corrected chi connectivity index (χ3v) is 6.35. The van der Waals surface area contributed by atoms with Crippen LogP contribution in [0, 0.1) is 0 Å². The molecule has 0 spiro atoms. The summed E-state index contributed by atoms with van der Waals surface area (Å²) in [6.45, 7) is 2.47. The lowest BCUT2D eigenvalue weighted by molar-refractivity contribution is 0.170. The van der Waals surface area contributed by atoms with Crippen LogP contribution in [0.15, 0.2) is 12.4 Å². The minimum atomic E-state index is 0.618. The first-order chi connectivity index (χ1) is 8.93. The zero-order valence-corrected chi connectivity index (χ0v) is 12.3. The predicted molar refractivity (Wildman–Crippen MR) is 80.6 cm³/mol. The number of nitrogens with one attached hydrogen (secondary N) is 1. The standard InChI is InChI=1S/C13H21N3S2/c1-2-11(13-14-3-4-15-13)8-16(5-1)12-9-17-6-7-18-10-12/h3-4,11-12H,1-2,5-10H2,(H,14,15). The largest absolute Gasteiger partial charge is 0.348 e. The Labute approximate surface area is 118 Å². The van der Waals surface area contributed by atoms with Crippen molar-refractivity contribution in [2.75, 3.05) is 36.1 Å². The molecule has 2 aliphatic rings. The van der Waals surface area contributed by atoms with Gasteiger partial charge in [-0.15, -0.1) is 0 Å². The fourth-order valence-electron chi connectivity index (χ4n) is 2.88. The maximum Gasteiger partial charge on any atom is 0.110 e. The fraction of sp³-hybridized carbons (Fsp3) is 0.769. The molecule has 2 aliphatic heterocycles. The smallest absolute Gasteiger partial charge is 0.110 e. The van der Waals surface area contributed by atoms with Crippen LogP contribution in [0.5, 0.6) is 0 Å². The molecule has 2 saturated heterocycles. The Bertz CT molecular complexity index is 347. The number of thioether (sulfide) groups is 2. The zero-order valence-electron chi connectivity index (χ0n) is 10.7. The summed E-state index contributed by atoms with van der Waals surface area (Å²) in [6, 6.07) is 0.778. The molecule has 0 radical (unpaired) electrons. The van der Waals surface area contributed by atoms with E-state index in [0.717, 1.165) is 6.04 Å². The van der Waals surface area contributed by atoms with E-state index in [9.17, 15) is 0 Å². The molecule has 0 saturated carbocycles. The summed E-state index contributed by atoms with van der Waals surface area (Å²) >= 11 is 4.26. The number of piperidine rings is 1. The topological polar surface area (TPSA) is 31.9 Å².